The van der Waals surface area contributed by atoms with Crippen molar-refractivity contribution in [2.75, 3.05) is 11.9 Å². The number of aryl methyl sites for hydroxylation is 1. The van der Waals surface area contributed by atoms with Crippen LogP contribution < -0.4 is 5.32 Å². The molecule has 1 aromatic heterocycles. The van der Waals surface area contributed by atoms with Crippen molar-refractivity contribution in [2.45, 2.75) is 12.8 Å². The highest BCUT2D eigenvalue weighted by Crippen LogP contribution is 2.30. The number of benzene rings is 1. The lowest BCUT2D eigenvalue weighted by atomic mass is 10.2. The maximum Gasteiger partial charge on any atom is 0.295 e. The van der Waals surface area contributed by atoms with Crippen molar-refractivity contribution in [1.82, 2.24) is 15.2 Å². The Morgan fingerprint density at radius 2 is 2.30 bits per heavy atom. The largest absolute Gasteiger partial charge is 0.379 e. The number of H-pyrrole nitrogens is 1. The minimum Gasteiger partial charge on any atom is -0.379 e. The third kappa shape index (κ3) is 3.50. The molecule has 2 aromatic rings. The molecule has 0 saturated heterocycles. The second-order valence-electron chi connectivity index (χ2n) is 4.00. The number of anilines is 1. The first-order chi connectivity index (χ1) is 9.58. The number of hydrogen-bond donors (Lipinski definition) is 2. The molecule has 106 valence electrons. The van der Waals surface area contributed by atoms with Crippen molar-refractivity contribution < 1.29 is 9.31 Å². The first kappa shape index (κ1) is 14.4. The van der Waals surface area contributed by atoms with Gasteiger partial charge in [0.2, 0.25) is 0 Å². The van der Waals surface area contributed by atoms with E-state index >= 15 is 0 Å². The maximum absolute atomic E-state index is 13.3. The molecule has 0 aliphatic heterocycles. The Kier molecular flexibility index (Phi) is 4.61. The van der Waals surface area contributed by atoms with Gasteiger partial charge in [-0.2, -0.15) is 5.10 Å². The van der Waals surface area contributed by atoms with Gasteiger partial charge in [0, 0.05) is 13.0 Å². The molecular weight excluding hydrogens is 333 g/mol. The molecule has 7 nitrogen and oxygen atoms in total. The predicted molar refractivity (Wildman–Crippen MR) is 73.9 cm³/mol. The van der Waals surface area contributed by atoms with E-state index in [2.05, 4.69) is 36.4 Å². The number of aromatic nitrogens is 3. The first-order valence-corrected chi connectivity index (χ1v) is 6.59. The molecule has 0 fully saturated rings. The van der Waals surface area contributed by atoms with Crippen LogP contribution in [0.15, 0.2) is 22.9 Å². The fourth-order valence-corrected chi connectivity index (χ4v) is 2.00. The fourth-order valence-electron chi connectivity index (χ4n) is 1.66. The van der Waals surface area contributed by atoms with Gasteiger partial charge in [0.1, 0.15) is 23.7 Å². The van der Waals surface area contributed by atoms with E-state index in [4.69, 9.17) is 0 Å². The highest BCUT2D eigenvalue weighted by Gasteiger charge is 2.17. The second-order valence-corrected chi connectivity index (χ2v) is 4.86. The van der Waals surface area contributed by atoms with Gasteiger partial charge < -0.3 is 5.32 Å². The molecule has 1 aromatic carbocycles. The topological polar surface area (TPSA) is 96.7 Å². The summed E-state index contributed by atoms with van der Waals surface area (Å²) < 4.78 is 13.5. The Balaban J connectivity index is 1.98. The Morgan fingerprint density at radius 1 is 1.50 bits per heavy atom. The minimum absolute atomic E-state index is 0.181. The third-order valence-corrected chi connectivity index (χ3v) is 3.21. The van der Waals surface area contributed by atoms with E-state index in [9.17, 15) is 14.5 Å². The molecule has 0 spiro atoms. The zero-order valence-corrected chi connectivity index (χ0v) is 11.9. The van der Waals surface area contributed by atoms with Crippen LogP contribution in [0.25, 0.3) is 0 Å². The average molecular weight is 344 g/mol. The van der Waals surface area contributed by atoms with Crippen LogP contribution in [0, 0.1) is 15.9 Å². The third-order valence-electron chi connectivity index (χ3n) is 2.61. The van der Waals surface area contributed by atoms with Gasteiger partial charge in [0.25, 0.3) is 5.69 Å². The van der Waals surface area contributed by atoms with Crippen molar-refractivity contribution >= 4 is 27.3 Å². The van der Waals surface area contributed by atoms with E-state index in [1.807, 2.05) is 0 Å². The molecule has 0 aliphatic carbocycles. The molecule has 2 rings (SSSR count). The summed E-state index contributed by atoms with van der Waals surface area (Å²) >= 11 is 3.01. The van der Waals surface area contributed by atoms with Gasteiger partial charge in [0.15, 0.2) is 0 Å². The zero-order valence-electron chi connectivity index (χ0n) is 10.3. The summed E-state index contributed by atoms with van der Waals surface area (Å²) in [4.78, 5) is 14.2. The van der Waals surface area contributed by atoms with Crippen LogP contribution in [0.2, 0.25) is 0 Å². The highest BCUT2D eigenvalue weighted by molar-refractivity contribution is 9.10. The number of nitro groups is 1. The molecule has 0 radical (unpaired) electrons. The lowest BCUT2D eigenvalue weighted by Crippen LogP contribution is -2.06. The van der Waals surface area contributed by atoms with Crippen molar-refractivity contribution in [3.63, 3.8) is 0 Å². The van der Waals surface area contributed by atoms with Crippen molar-refractivity contribution in [3.05, 3.63) is 44.7 Å². The fraction of sp³-hybridized carbons (Fsp3) is 0.273. The standard InChI is InChI=1S/C11H11BrFN5O2/c12-7-4-9(10(18(19)20)5-8(7)13)14-3-1-2-11-15-6-16-17-11/h4-6,14H,1-3H2,(H,15,16,17). The van der Waals surface area contributed by atoms with E-state index in [0.717, 1.165) is 11.9 Å². The number of aromatic amines is 1. The van der Waals surface area contributed by atoms with Gasteiger partial charge in [-0.15, -0.1) is 0 Å². The molecule has 0 amide bonds. The van der Waals surface area contributed by atoms with Crippen LogP contribution in [0.3, 0.4) is 0 Å². The molecule has 0 unspecified atom stereocenters. The highest BCUT2D eigenvalue weighted by atomic mass is 79.9. The molecule has 9 heteroatoms. The Morgan fingerprint density at radius 3 is 2.95 bits per heavy atom. The quantitative estimate of drug-likeness (QED) is 0.477. The monoisotopic (exact) mass is 343 g/mol. The van der Waals surface area contributed by atoms with Gasteiger partial charge in [-0.1, -0.05) is 0 Å². The van der Waals surface area contributed by atoms with Gasteiger partial charge in [-0.25, -0.2) is 9.37 Å². The van der Waals surface area contributed by atoms with Crippen LogP contribution in [0.5, 0.6) is 0 Å². The molecule has 20 heavy (non-hydrogen) atoms. The lowest BCUT2D eigenvalue weighted by molar-refractivity contribution is -0.384. The number of nitrogens with one attached hydrogen (secondary N) is 2. The number of rotatable bonds is 6. The molecule has 0 atom stereocenters. The summed E-state index contributed by atoms with van der Waals surface area (Å²) in [5.74, 6) is 0.0884. The first-order valence-electron chi connectivity index (χ1n) is 5.79. The second kappa shape index (κ2) is 6.42. The molecule has 0 bridgehead atoms. The van der Waals surface area contributed by atoms with Crippen molar-refractivity contribution in [3.8, 4) is 0 Å². The lowest BCUT2D eigenvalue weighted by Gasteiger charge is -2.07. The summed E-state index contributed by atoms with van der Waals surface area (Å²) in [6, 6.07) is 2.25. The Hall–Kier alpha value is -2.03. The van der Waals surface area contributed by atoms with Crippen LogP contribution in [-0.2, 0) is 6.42 Å². The van der Waals surface area contributed by atoms with E-state index in [-0.39, 0.29) is 15.8 Å². The number of nitrogens with zero attached hydrogens (tertiary/aromatic N) is 3. The SMILES string of the molecule is O=[N+]([O-])c1cc(F)c(Br)cc1NCCCc1ncn[nH]1. The molecule has 2 N–H and O–H groups in total. The summed E-state index contributed by atoms with van der Waals surface area (Å²) in [5.41, 5.74) is -0.00814. The van der Waals surface area contributed by atoms with Crippen molar-refractivity contribution in [1.29, 1.82) is 0 Å². The van der Waals surface area contributed by atoms with Crippen LogP contribution in [0.1, 0.15) is 12.2 Å². The Bertz CT molecular complexity index is 605. The van der Waals surface area contributed by atoms with E-state index in [1.165, 1.54) is 12.4 Å². The van der Waals surface area contributed by atoms with Crippen LogP contribution in [0.4, 0.5) is 15.8 Å². The summed E-state index contributed by atoms with van der Waals surface area (Å²) in [6.07, 6.45) is 2.80. The normalized spacial score (nSPS) is 10.5. The average Bonchev–Trinajstić information content (AvgIpc) is 2.91. The smallest absolute Gasteiger partial charge is 0.295 e. The molecule has 0 aliphatic rings. The number of hydrogen-bond acceptors (Lipinski definition) is 5. The zero-order chi connectivity index (χ0) is 14.5. The summed E-state index contributed by atoms with van der Waals surface area (Å²) in [6.45, 7) is 0.500. The molecule has 0 saturated carbocycles. The van der Waals surface area contributed by atoms with Crippen molar-refractivity contribution in [2.24, 2.45) is 0 Å². The molecule has 1 heterocycles. The summed E-state index contributed by atoms with van der Waals surface area (Å²) in [5, 5.41) is 20.2. The van der Waals surface area contributed by atoms with E-state index in [1.54, 1.807) is 0 Å². The maximum atomic E-state index is 13.3. The van der Waals surface area contributed by atoms with Gasteiger partial charge in [-0.05, 0) is 28.4 Å². The molecular formula is C11H11BrFN5O2. The minimum atomic E-state index is -0.663. The van der Waals surface area contributed by atoms with Gasteiger partial charge in [0.05, 0.1) is 15.5 Å². The Labute approximate surface area is 121 Å². The van der Waals surface area contributed by atoms with Gasteiger partial charge in [-0.3, -0.25) is 15.2 Å². The predicted octanol–water partition coefficient (Wildman–Crippen LogP) is 2.66. The number of halogens is 2. The van der Waals surface area contributed by atoms with E-state index < -0.39 is 10.7 Å². The van der Waals surface area contributed by atoms with Crippen LogP contribution in [-0.4, -0.2) is 26.6 Å². The van der Waals surface area contributed by atoms with Crippen LogP contribution >= 0.6 is 15.9 Å². The van der Waals surface area contributed by atoms with Gasteiger partial charge >= 0.3 is 0 Å². The van der Waals surface area contributed by atoms with E-state index in [0.29, 0.717) is 19.4 Å². The summed E-state index contributed by atoms with van der Waals surface area (Å²) in [7, 11) is 0. The number of nitro benzene ring substituents is 1.